The zero-order chi connectivity index (χ0) is 23.0. The van der Waals surface area contributed by atoms with Crippen LogP contribution in [0.1, 0.15) is 67.3 Å². The van der Waals surface area contributed by atoms with Gasteiger partial charge in [0.15, 0.2) is 0 Å². The highest BCUT2D eigenvalue weighted by molar-refractivity contribution is 6.04. The second-order valence-corrected chi connectivity index (χ2v) is 10.9. The second-order valence-electron chi connectivity index (χ2n) is 10.9. The first-order chi connectivity index (χ1) is 16.6. The fourth-order valence-electron chi connectivity index (χ4n) is 7.43. The minimum Gasteiger partial charge on any atom is -0.489 e. The van der Waals surface area contributed by atoms with Gasteiger partial charge in [0.2, 0.25) is 11.8 Å². The first-order valence-corrected chi connectivity index (χ1v) is 12.9. The van der Waals surface area contributed by atoms with Crippen molar-refractivity contribution in [1.29, 1.82) is 0 Å². The second kappa shape index (κ2) is 7.78. The molecule has 7 rings (SSSR count). The van der Waals surface area contributed by atoms with Crippen LogP contribution in [0.3, 0.4) is 0 Å². The molecule has 1 saturated carbocycles. The van der Waals surface area contributed by atoms with Crippen molar-refractivity contribution >= 4 is 17.7 Å². The van der Waals surface area contributed by atoms with E-state index in [4.69, 9.17) is 9.47 Å². The number of amides is 3. The zero-order valence-electron chi connectivity index (χ0n) is 19.4. The molecule has 0 unspecified atom stereocenters. The Hall–Kier alpha value is -2.45. The van der Waals surface area contributed by atoms with Gasteiger partial charge in [-0.2, -0.15) is 5.01 Å². The van der Waals surface area contributed by atoms with Gasteiger partial charge in [0, 0.05) is 49.4 Å². The highest BCUT2D eigenvalue weighted by atomic mass is 16.5. The van der Waals surface area contributed by atoms with Crippen molar-refractivity contribution in [3.8, 4) is 5.75 Å². The van der Waals surface area contributed by atoms with Crippen molar-refractivity contribution in [2.75, 3.05) is 13.1 Å². The van der Waals surface area contributed by atoms with E-state index in [2.05, 4.69) is 4.90 Å². The third-order valence-corrected chi connectivity index (χ3v) is 9.01. The van der Waals surface area contributed by atoms with Crippen LogP contribution in [0.15, 0.2) is 18.2 Å². The van der Waals surface area contributed by atoms with Gasteiger partial charge >= 0.3 is 0 Å². The predicted molar refractivity (Wildman–Crippen MR) is 121 cm³/mol. The maximum Gasteiger partial charge on any atom is 0.273 e. The maximum atomic E-state index is 12.9. The van der Waals surface area contributed by atoms with Crippen molar-refractivity contribution in [2.45, 2.75) is 82.3 Å². The molecule has 0 radical (unpaired) electrons. The van der Waals surface area contributed by atoms with Gasteiger partial charge < -0.3 is 9.47 Å². The highest BCUT2D eigenvalue weighted by Gasteiger charge is 2.54. The molecule has 0 spiro atoms. The Morgan fingerprint density at radius 3 is 2.35 bits per heavy atom. The van der Waals surface area contributed by atoms with Crippen LogP contribution in [-0.2, 0) is 20.9 Å². The minimum absolute atomic E-state index is 0.147. The number of rotatable bonds is 4. The summed E-state index contributed by atoms with van der Waals surface area (Å²) >= 11 is 0. The fourth-order valence-corrected chi connectivity index (χ4v) is 7.43. The number of carbonyl (C=O) groups excluding carboxylic acids is 3. The number of carbonyl (C=O) groups is 3. The van der Waals surface area contributed by atoms with E-state index in [1.807, 2.05) is 12.1 Å². The maximum absolute atomic E-state index is 12.9. The minimum atomic E-state index is -0.295. The number of imide groups is 1. The summed E-state index contributed by atoms with van der Waals surface area (Å²) in [6.07, 6.45) is 8.06. The molecular formula is C26H31N3O5. The third kappa shape index (κ3) is 3.14. The van der Waals surface area contributed by atoms with Crippen molar-refractivity contribution in [3.63, 3.8) is 0 Å². The molecule has 3 amide bonds. The van der Waals surface area contributed by atoms with E-state index in [0.717, 1.165) is 42.3 Å². The number of hydrazine groups is 1. The van der Waals surface area contributed by atoms with E-state index in [0.29, 0.717) is 54.9 Å². The molecule has 4 saturated heterocycles. The van der Waals surface area contributed by atoms with E-state index in [1.54, 1.807) is 6.07 Å². The Kier molecular flexibility index (Phi) is 4.78. The lowest BCUT2D eigenvalue weighted by Crippen LogP contribution is -2.51. The summed E-state index contributed by atoms with van der Waals surface area (Å²) in [5.41, 5.74) is 1.36. The SMILES string of the molecule is O=C1c2ccc(O[C@H]3CCC[C@@H]3N3C[C@@H]4[C@H](C3)[C@H]3CC[C@@H]4O3)cc2CN1N1C(=O)CCCC1=O. The summed E-state index contributed by atoms with van der Waals surface area (Å²) in [5, 5.41) is 2.36. The van der Waals surface area contributed by atoms with Gasteiger partial charge in [0.1, 0.15) is 11.9 Å². The Balaban J connectivity index is 1.05. The molecule has 5 fully saturated rings. The zero-order valence-corrected chi connectivity index (χ0v) is 19.4. The molecular weight excluding hydrogens is 434 g/mol. The lowest BCUT2D eigenvalue weighted by atomic mass is 9.82. The Morgan fingerprint density at radius 1 is 0.882 bits per heavy atom. The summed E-state index contributed by atoms with van der Waals surface area (Å²) in [4.78, 5) is 40.3. The molecule has 8 heteroatoms. The van der Waals surface area contributed by atoms with E-state index >= 15 is 0 Å². The Bertz CT molecular complexity index is 1020. The summed E-state index contributed by atoms with van der Waals surface area (Å²) in [7, 11) is 0. The Morgan fingerprint density at radius 2 is 1.62 bits per heavy atom. The number of likely N-dealkylation sites (tertiary alicyclic amines) is 1. The summed E-state index contributed by atoms with van der Waals surface area (Å²) in [5.74, 6) is 1.27. The predicted octanol–water partition coefficient (Wildman–Crippen LogP) is 2.51. The van der Waals surface area contributed by atoms with E-state index < -0.39 is 0 Å². The lowest BCUT2D eigenvalue weighted by molar-refractivity contribution is -0.163. The molecule has 1 aromatic carbocycles. The Labute approximate surface area is 199 Å². The number of piperidine rings is 1. The largest absolute Gasteiger partial charge is 0.489 e. The molecule has 0 N–H and O–H groups in total. The summed E-state index contributed by atoms with van der Waals surface area (Å²) in [6.45, 7) is 2.49. The fraction of sp³-hybridized carbons (Fsp3) is 0.654. The molecule has 8 nitrogen and oxygen atoms in total. The average molecular weight is 466 g/mol. The quantitative estimate of drug-likeness (QED) is 0.636. The number of hydrogen-bond acceptors (Lipinski definition) is 6. The normalized spacial score (nSPS) is 37.1. The van der Waals surface area contributed by atoms with Crippen molar-refractivity contribution in [3.05, 3.63) is 29.3 Å². The first kappa shape index (κ1) is 20.9. The van der Waals surface area contributed by atoms with Gasteiger partial charge in [-0.1, -0.05) is 0 Å². The van der Waals surface area contributed by atoms with Crippen molar-refractivity contribution in [2.24, 2.45) is 11.8 Å². The first-order valence-electron chi connectivity index (χ1n) is 12.9. The van der Waals surface area contributed by atoms with E-state index in [9.17, 15) is 14.4 Å². The van der Waals surface area contributed by atoms with Crippen LogP contribution in [0.4, 0.5) is 0 Å². The van der Waals surface area contributed by atoms with Crippen LogP contribution < -0.4 is 4.74 Å². The highest BCUT2D eigenvalue weighted by Crippen LogP contribution is 2.48. The summed E-state index contributed by atoms with van der Waals surface area (Å²) in [6, 6.07) is 6.00. The molecule has 6 atom stereocenters. The topological polar surface area (TPSA) is 79.4 Å². The number of benzene rings is 1. The number of hydrogen-bond donors (Lipinski definition) is 0. The van der Waals surface area contributed by atoms with Crippen LogP contribution in [0.5, 0.6) is 5.75 Å². The smallest absolute Gasteiger partial charge is 0.273 e. The number of fused-ring (bicyclic) bond motifs is 6. The van der Waals surface area contributed by atoms with E-state index in [1.165, 1.54) is 24.3 Å². The van der Waals surface area contributed by atoms with Crippen LogP contribution in [0, 0.1) is 11.8 Å². The van der Waals surface area contributed by atoms with Gasteiger partial charge in [0.25, 0.3) is 5.91 Å². The van der Waals surface area contributed by atoms with Gasteiger partial charge in [-0.3, -0.25) is 19.3 Å². The standard InChI is InChI=1S/C26H31N3O5/c30-24-5-2-6-25(31)29(24)28-12-15-11-16(7-8-17(15)26(28)32)33-23-4-1-3-20(23)27-13-18-19(14-27)22-10-9-21(18)34-22/h7-8,11,18-23H,1-6,9-10,12-14H2/t18-,19+,20-,21+,22-,23-/m0/s1. The molecule has 5 heterocycles. The molecule has 0 aromatic heterocycles. The van der Waals surface area contributed by atoms with Crippen LogP contribution in [0.2, 0.25) is 0 Å². The van der Waals surface area contributed by atoms with Gasteiger partial charge in [0.05, 0.1) is 18.8 Å². The van der Waals surface area contributed by atoms with E-state index in [-0.39, 0.29) is 30.4 Å². The third-order valence-electron chi connectivity index (χ3n) is 9.01. The molecule has 1 aliphatic carbocycles. The van der Waals surface area contributed by atoms with Gasteiger partial charge in [-0.05, 0) is 62.3 Å². The summed E-state index contributed by atoms with van der Waals surface area (Å²) < 4.78 is 12.7. The van der Waals surface area contributed by atoms with Crippen molar-refractivity contribution < 1.29 is 23.9 Å². The van der Waals surface area contributed by atoms with Crippen molar-refractivity contribution in [1.82, 2.24) is 14.9 Å². The molecule has 5 aliphatic heterocycles. The average Bonchev–Trinajstić information content (AvgIpc) is 3.62. The molecule has 34 heavy (non-hydrogen) atoms. The number of nitrogens with zero attached hydrogens (tertiary/aromatic N) is 3. The number of ether oxygens (including phenoxy) is 2. The monoisotopic (exact) mass is 465 g/mol. The molecule has 180 valence electrons. The molecule has 1 aromatic rings. The van der Waals surface area contributed by atoms with Crippen LogP contribution in [-0.4, -0.2) is 70.1 Å². The van der Waals surface area contributed by atoms with Crippen LogP contribution in [0.25, 0.3) is 0 Å². The van der Waals surface area contributed by atoms with Crippen LogP contribution >= 0.6 is 0 Å². The molecule has 6 aliphatic rings. The lowest BCUT2D eigenvalue weighted by Gasteiger charge is -2.32. The van der Waals surface area contributed by atoms with Gasteiger partial charge in [-0.15, -0.1) is 0 Å². The van der Waals surface area contributed by atoms with Gasteiger partial charge in [-0.25, -0.2) is 5.01 Å². The molecule has 2 bridgehead atoms.